The zero-order valence-electron chi connectivity index (χ0n) is 4.32. The highest BCUT2D eigenvalue weighted by atomic mass is 16.1. The third-order valence-corrected chi connectivity index (χ3v) is 1.55. The molecule has 1 saturated carbocycles. The number of carbonyl (C=O) groups is 1. The molecule has 0 aliphatic heterocycles. The van der Waals surface area contributed by atoms with E-state index < -0.39 is 5.91 Å². The maximum Gasteiger partial charge on any atom is 0.244 e. The summed E-state index contributed by atoms with van der Waals surface area (Å²) in [7, 11) is 0. The molecule has 0 bridgehead atoms. The lowest BCUT2D eigenvalue weighted by Gasteiger charge is -1.94. The van der Waals surface area contributed by atoms with Crippen molar-refractivity contribution in [3.63, 3.8) is 0 Å². The van der Waals surface area contributed by atoms with Gasteiger partial charge in [0, 0.05) is 5.41 Å². The van der Waals surface area contributed by atoms with Gasteiger partial charge in [-0.1, -0.05) is 6.92 Å². The van der Waals surface area contributed by atoms with Crippen LogP contribution in [0.25, 0.3) is 0 Å². The molecule has 1 radical (unpaired) electrons. The minimum Gasteiger partial charge on any atom is -0.273 e. The fourth-order valence-electron chi connectivity index (χ4n) is 0.415. The van der Waals surface area contributed by atoms with Crippen LogP contribution in [-0.2, 0) is 4.79 Å². The van der Waals surface area contributed by atoms with E-state index in [1.54, 1.807) is 0 Å². The summed E-state index contributed by atoms with van der Waals surface area (Å²) in [6, 6.07) is 0. The third-order valence-electron chi connectivity index (χ3n) is 1.55. The lowest BCUT2D eigenvalue weighted by atomic mass is 10.1. The van der Waals surface area contributed by atoms with Crippen LogP contribution in [-0.4, -0.2) is 5.91 Å². The van der Waals surface area contributed by atoms with Crippen molar-refractivity contribution in [2.45, 2.75) is 19.8 Å². The first-order valence-corrected chi connectivity index (χ1v) is 2.41. The van der Waals surface area contributed by atoms with Gasteiger partial charge in [0.25, 0.3) is 0 Å². The van der Waals surface area contributed by atoms with Gasteiger partial charge < -0.3 is 0 Å². The minimum atomic E-state index is -0.396. The molecule has 0 saturated heterocycles. The molecule has 0 spiro atoms. The van der Waals surface area contributed by atoms with Crippen LogP contribution in [0.1, 0.15) is 19.8 Å². The molecular weight excluding hydrogens is 90.1 g/mol. The van der Waals surface area contributed by atoms with Crippen LogP contribution < -0.4 is 5.73 Å². The average molecular weight is 98.1 g/mol. The fraction of sp³-hybridized carbons (Fsp3) is 0.800. The molecule has 1 fully saturated rings. The van der Waals surface area contributed by atoms with Gasteiger partial charge >= 0.3 is 0 Å². The van der Waals surface area contributed by atoms with Crippen LogP contribution in [0.2, 0.25) is 0 Å². The average Bonchev–Trinajstić information content (AvgIpc) is 2.21. The highest BCUT2D eigenvalue weighted by Crippen LogP contribution is 2.44. The minimum absolute atomic E-state index is 0.222. The van der Waals surface area contributed by atoms with Crippen LogP contribution in [0.15, 0.2) is 0 Å². The van der Waals surface area contributed by atoms with Crippen molar-refractivity contribution in [2.75, 3.05) is 0 Å². The summed E-state index contributed by atoms with van der Waals surface area (Å²) < 4.78 is 0. The molecule has 0 aromatic carbocycles. The number of rotatable bonds is 1. The van der Waals surface area contributed by atoms with Gasteiger partial charge in [-0.05, 0) is 12.8 Å². The van der Waals surface area contributed by atoms with Crippen molar-refractivity contribution < 1.29 is 4.79 Å². The topological polar surface area (TPSA) is 40.9 Å². The second-order valence-electron chi connectivity index (χ2n) is 2.39. The first-order valence-electron chi connectivity index (χ1n) is 2.41. The summed E-state index contributed by atoms with van der Waals surface area (Å²) in [6.07, 6.45) is 1.85. The normalized spacial score (nSPS) is 24.1. The molecule has 1 N–H and O–H groups in total. The molecule has 7 heavy (non-hydrogen) atoms. The number of carbonyl (C=O) groups excluding carboxylic acids is 1. The Morgan fingerprint density at radius 2 is 2.14 bits per heavy atom. The predicted octanol–water partition coefficient (Wildman–Crippen LogP) is 0.596. The van der Waals surface area contributed by atoms with Crippen LogP contribution in [0.4, 0.5) is 0 Å². The van der Waals surface area contributed by atoms with Crippen molar-refractivity contribution in [3.05, 3.63) is 0 Å². The van der Waals surface area contributed by atoms with E-state index in [0.717, 1.165) is 12.8 Å². The Kier molecular flexibility index (Phi) is 0.659. The summed E-state index contributed by atoms with van der Waals surface area (Å²) in [5.74, 6) is -0.396. The van der Waals surface area contributed by atoms with Gasteiger partial charge in [-0.2, -0.15) is 0 Å². The largest absolute Gasteiger partial charge is 0.273 e. The number of amides is 1. The molecule has 39 valence electrons. The van der Waals surface area contributed by atoms with E-state index >= 15 is 0 Å². The number of hydrogen-bond acceptors (Lipinski definition) is 1. The van der Waals surface area contributed by atoms with Gasteiger partial charge in [-0.3, -0.25) is 10.5 Å². The molecule has 2 heteroatoms. The molecule has 1 aliphatic carbocycles. The summed E-state index contributed by atoms with van der Waals surface area (Å²) >= 11 is 0. The molecular formula is C5H8NO. The lowest BCUT2D eigenvalue weighted by molar-refractivity contribution is -0.123. The van der Waals surface area contributed by atoms with E-state index in [-0.39, 0.29) is 5.41 Å². The van der Waals surface area contributed by atoms with Crippen molar-refractivity contribution in [1.29, 1.82) is 0 Å². The van der Waals surface area contributed by atoms with Crippen molar-refractivity contribution in [1.82, 2.24) is 5.73 Å². The smallest absolute Gasteiger partial charge is 0.244 e. The van der Waals surface area contributed by atoms with Crippen molar-refractivity contribution in [2.24, 2.45) is 5.41 Å². The Morgan fingerprint density at radius 1 is 1.71 bits per heavy atom. The summed E-state index contributed by atoms with van der Waals surface area (Å²) in [5.41, 5.74) is 6.43. The summed E-state index contributed by atoms with van der Waals surface area (Å²) in [4.78, 5) is 10.2. The molecule has 0 aromatic rings. The first-order chi connectivity index (χ1) is 3.15. The third kappa shape index (κ3) is 0.601. The van der Waals surface area contributed by atoms with Gasteiger partial charge in [-0.25, -0.2) is 0 Å². The van der Waals surface area contributed by atoms with Gasteiger partial charge in [0.15, 0.2) is 0 Å². The first kappa shape index (κ1) is 4.62. The van der Waals surface area contributed by atoms with Crippen molar-refractivity contribution in [3.8, 4) is 0 Å². The molecule has 0 heterocycles. The fourth-order valence-corrected chi connectivity index (χ4v) is 0.415. The molecule has 1 rings (SSSR count). The monoisotopic (exact) mass is 98.1 g/mol. The predicted molar refractivity (Wildman–Crippen MR) is 25.4 cm³/mol. The second kappa shape index (κ2) is 0.997. The summed E-state index contributed by atoms with van der Waals surface area (Å²) in [5, 5.41) is 0. The molecule has 0 atom stereocenters. The lowest BCUT2D eigenvalue weighted by Crippen LogP contribution is -2.10. The second-order valence-corrected chi connectivity index (χ2v) is 2.39. The van der Waals surface area contributed by atoms with Gasteiger partial charge in [0.05, 0.1) is 0 Å². The van der Waals surface area contributed by atoms with E-state index in [0.29, 0.717) is 0 Å². The Hall–Kier alpha value is -0.530. The maximum absolute atomic E-state index is 10.2. The van der Waals surface area contributed by atoms with Crippen LogP contribution in [0.3, 0.4) is 0 Å². The van der Waals surface area contributed by atoms with Crippen LogP contribution >= 0.6 is 0 Å². The number of hydrogen-bond donors (Lipinski definition) is 0. The quantitative estimate of drug-likeness (QED) is 0.473. The maximum atomic E-state index is 10.2. The molecule has 0 unspecified atom stereocenters. The zero-order chi connectivity index (χ0) is 5.49. The highest BCUT2D eigenvalue weighted by Gasteiger charge is 2.43. The van der Waals surface area contributed by atoms with Gasteiger partial charge in [0.1, 0.15) is 0 Å². The van der Waals surface area contributed by atoms with E-state index in [1.807, 2.05) is 6.92 Å². The Bertz CT molecular complexity index is 105. The van der Waals surface area contributed by atoms with Crippen LogP contribution in [0.5, 0.6) is 0 Å². The zero-order valence-corrected chi connectivity index (χ0v) is 4.32. The SMILES string of the molecule is CC1(C([NH])=O)CC1. The molecule has 1 amide bonds. The van der Waals surface area contributed by atoms with Gasteiger partial charge in [0.2, 0.25) is 5.91 Å². The molecule has 0 aromatic heterocycles. The van der Waals surface area contributed by atoms with E-state index in [4.69, 9.17) is 5.73 Å². The van der Waals surface area contributed by atoms with E-state index in [9.17, 15) is 4.79 Å². The Morgan fingerprint density at radius 3 is 2.14 bits per heavy atom. The van der Waals surface area contributed by atoms with Gasteiger partial charge in [-0.15, -0.1) is 0 Å². The Labute approximate surface area is 42.7 Å². The Balaban J connectivity index is 2.55. The van der Waals surface area contributed by atoms with Crippen molar-refractivity contribution >= 4 is 5.91 Å². The molecule has 1 aliphatic rings. The highest BCUT2D eigenvalue weighted by molar-refractivity contribution is 5.82. The standard InChI is InChI=1S/C5H8NO/c1-5(2-3-5)4(6)7/h6H,2-3H2,1H3. The number of nitrogens with one attached hydrogen (secondary N) is 1. The summed E-state index contributed by atoms with van der Waals surface area (Å²) in [6.45, 7) is 1.84. The van der Waals surface area contributed by atoms with E-state index in [2.05, 4.69) is 0 Å². The van der Waals surface area contributed by atoms with E-state index in [1.165, 1.54) is 0 Å². The van der Waals surface area contributed by atoms with Crippen LogP contribution in [0, 0.1) is 5.41 Å². The molecule has 2 nitrogen and oxygen atoms in total.